The van der Waals surface area contributed by atoms with Crippen molar-refractivity contribution in [3.63, 3.8) is 0 Å². The molecule has 0 aliphatic heterocycles. The van der Waals surface area contributed by atoms with Crippen molar-refractivity contribution in [3.8, 4) is 0 Å². The molecule has 2 N–H and O–H groups in total. The van der Waals surface area contributed by atoms with Crippen LogP contribution in [0.5, 0.6) is 0 Å². The molecule has 1 rings (SSSR count). The smallest absolute Gasteiger partial charge is 0.305 e. The first-order valence-electron chi connectivity index (χ1n) is 10.1. The number of carbonyl (C=O) groups is 2. The Morgan fingerprint density at radius 1 is 1.26 bits per heavy atom. The van der Waals surface area contributed by atoms with E-state index in [4.69, 9.17) is 0 Å². The fraction of sp³-hybridized carbons (Fsp3) is 0.727. The molecule has 4 atom stereocenters. The molecule has 0 radical (unpaired) electrons. The molecule has 0 aromatic rings. The van der Waals surface area contributed by atoms with Gasteiger partial charge in [-0.3, -0.25) is 9.59 Å². The highest BCUT2D eigenvalue weighted by Gasteiger charge is 2.39. The van der Waals surface area contributed by atoms with Gasteiger partial charge in [-0.1, -0.05) is 43.1 Å². The highest BCUT2D eigenvalue weighted by atomic mass is 16.5. The first kappa shape index (κ1) is 23.6. The second kappa shape index (κ2) is 12.8. The first-order valence-corrected chi connectivity index (χ1v) is 10.1. The van der Waals surface area contributed by atoms with Gasteiger partial charge < -0.3 is 14.9 Å². The first-order chi connectivity index (χ1) is 12.8. The minimum absolute atomic E-state index is 0.116. The Hall–Kier alpha value is -1.46. The minimum Gasteiger partial charge on any atom is -0.469 e. The van der Waals surface area contributed by atoms with Gasteiger partial charge in [-0.05, 0) is 39.5 Å². The van der Waals surface area contributed by atoms with Gasteiger partial charge in [-0.15, -0.1) is 0 Å². The number of hydrogen-bond donors (Lipinski definition) is 2. The van der Waals surface area contributed by atoms with E-state index in [1.165, 1.54) is 12.7 Å². The van der Waals surface area contributed by atoms with Gasteiger partial charge in [-0.25, -0.2) is 0 Å². The highest BCUT2D eigenvalue weighted by molar-refractivity contribution is 5.84. The molecule has 0 spiro atoms. The number of unbranched alkanes of at least 4 members (excludes halogenated alkanes) is 3. The summed E-state index contributed by atoms with van der Waals surface area (Å²) in [7, 11) is 1.39. The van der Waals surface area contributed by atoms with Crippen molar-refractivity contribution in [1.29, 1.82) is 0 Å². The van der Waals surface area contributed by atoms with E-state index >= 15 is 0 Å². The average Bonchev–Trinajstić information content (AvgIpc) is 2.88. The fourth-order valence-electron chi connectivity index (χ4n) is 3.58. The van der Waals surface area contributed by atoms with E-state index in [-0.39, 0.29) is 30.0 Å². The number of hydrogen-bond acceptors (Lipinski definition) is 5. The van der Waals surface area contributed by atoms with Crippen LogP contribution in [0.4, 0.5) is 0 Å². The molecule has 5 nitrogen and oxygen atoms in total. The third-order valence-corrected chi connectivity index (χ3v) is 5.18. The van der Waals surface area contributed by atoms with Crippen LogP contribution in [0.1, 0.15) is 71.6 Å². The molecule has 1 fully saturated rings. The Morgan fingerprint density at radius 2 is 1.96 bits per heavy atom. The number of esters is 1. The lowest BCUT2D eigenvalue weighted by Gasteiger charge is -2.18. The van der Waals surface area contributed by atoms with Crippen LogP contribution in [0.2, 0.25) is 0 Å². The third kappa shape index (κ3) is 9.34. The van der Waals surface area contributed by atoms with E-state index < -0.39 is 12.2 Å². The van der Waals surface area contributed by atoms with Crippen molar-refractivity contribution in [2.24, 2.45) is 11.8 Å². The van der Waals surface area contributed by atoms with E-state index in [0.29, 0.717) is 12.8 Å². The molecule has 0 unspecified atom stereocenters. The maximum absolute atomic E-state index is 12.2. The average molecular weight is 381 g/mol. The third-order valence-electron chi connectivity index (χ3n) is 5.18. The quantitative estimate of drug-likeness (QED) is 0.306. The molecule has 0 amide bonds. The monoisotopic (exact) mass is 380 g/mol. The zero-order valence-electron chi connectivity index (χ0n) is 17.0. The van der Waals surface area contributed by atoms with Gasteiger partial charge in [-0.2, -0.15) is 0 Å². The Labute approximate surface area is 163 Å². The number of ether oxygens (including phenoxy) is 1. The summed E-state index contributed by atoms with van der Waals surface area (Å²) in [5.74, 6) is -0.435. The lowest BCUT2D eigenvalue weighted by molar-refractivity contribution is -0.140. The van der Waals surface area contributed by atoms with Crippen LogP contribution in [-0.2, 0) is 14.3 Å². The van der Waals surface area contributed by atoms with Crippen LogP contribution in [0.15, 0.2) is 23.8 Å². The number of carbonyl (C=O) groups excluding carboxylic acids is 2. The summed E-state index contributed by atoms with van der Waals surface area (Å²) in [4.78, 5) is 23.3. The molecule has 0 saturated heterocycles. The van der Waals surface area contributed by atoms with Crippen molar-refractivity contribution in [2.75, 3.05) is 7.11 Å². The van der Waals surface area contributed by atoms with Crippen molar-refractivity contribution in [3.05, 3.63) is 23.8 Å². The van der Waals surface area contributed by atoms with E-state index in [9.17, 15) is 19.8 Å². The second-order valence-corrected chi connectivity index (χ2v) is 7.76. The molecule has 1 aliphatic carbocycles. The lowest BCUT2D eigenvalue weighted by Crippen LogP contribution is -2.19. The van der Waals surface area contributed by atoms with Crippen LogP contribution >= 0.6 is 0 Å². The van der Waals surface area contributed by atoms with Crippen molar-refractivity contribution in [2.45, 2.75) is 83.8 Å². The topological polar surface area (TPSA) is 83.8 Å². The summed E-state index contributed by atoms with van der Waals surface area (Å²) in [5, 5.41) is 20.3. The van der Waals surface area contributed by atoms with Gasteiger partial charge in [0.05, 0.1) is 19.3 Å². The molecule has 0 aromatic heterocycles. The lowest BCUT2D eigenvalue weighted by atomic mass is 9.88. The molecular formula is C22H36O5. The van der Waals surface area contributed by atoms with Crippen LogP contribution in [-0.4, -0.2) is 41.3 Å². The van der Waals surface area contributed by atoms with E-state index in [2.05, 4.69) is 10.8 Å². The Bertz CT molecular complexity index is 519. The minimum atomic E-state index is -0.650. The standard InChI is InChI=1S/C22H36O5/c1-16(2)9-8-10-17(23)13-14-19-18(20(24)15-21(19)25)11-6-4-5-7-12-22(26)27-3/h9,13-14,17-19,21,23,25H,4-8,10-12,15H2,1-3H3/b14-13+/t17-,18+,19+,21+/m0/s1. The molecule has 154 valence electrons. The number of ketones is 1. The molecular weight excluding hydrogens is 344 g/mol. The van der Waals surface area contributed by atoms with Crippen LogP contribution < -0.4 is 0 Å². The van der Waals surface area contributed by atoms with Crippen LogP contribution in [0, 0.1) is 11.8 Å². The van der Waals surface area contributed by atoms with Gasteiger partial charge in [0.15, 0.2) is 0 Å². The summed E-state index contributed by atoms with van der Waals surface area (Å²) < 4.78 is 4.62. The Morgan fingerprint density at radius 3 is 2.63 bits per heavy atom. The summed E-state index contributed by atoms with van der Waals surface area (Å²) in [6.45, 7) is 4.06. The van der Waals surface area contributed by atoms with Crippen molar-refractivity contribution < 1.29 is 24.5 Å². The maximum Gasteiger partial charge on any atom is 0.305 e. The largest absolute Gasteiger partial charge is 0.469 e. The number of Topliss-reactive ketones (excluding diaryl/α,β-unsaturated/α-hetero) is 1. The van der Waals surface area contributed by atoms with Gasteiger partial charge in [0.2, 0.25) is 0 Å². The van der Waals surface area contributed by atoms with E-state index in [1.54, 1.807) is 6.08 Å². The molecule has 0 heterocycles. The maximum atomic E-state index is 12.2. The Balaban J connectivity index is 2.40. The molecule has 1 saturated carbocycles. The molecule has 27 heavy (non-hydrogen) atoms. The zero-order valence-corrected chi connectivity index (χ0v) is 17.0. The predicted molar refractivity (Wildman–Crippen MR) is 106 cm³/mol. The Kier molecular flexibility index (Phi) is 11.2. The van der Waals surface area contributed by atoms with Gasteiger partial charge in [0, 0.05) is 24.7 Å². The summed E-state index contributed by atoms with van der Waals surface area (Å²) in [6, 6.07) is 0. The summed E-state index contributed by atoms with van der Waals surface area (Å²) in [6.07, 6.45) is 10.9. The van der Waals surface area contributed by atoms with Crippen molar-refractivity contribution in [1.82, 2.24) is 0 Å². The molecule has 1 aliphatic rings. The molecule has 0 bridgehead atoms. The van der Waals surface area contributed by atoms with Gasteiger partial charge in [0.1, 0.15) is 5.78 Å². The highest BCUT2D eigenvalue weighted by Crippen LogP contribution is 2.34. The van der Waals surface area contributed by atoms with Crippen LogP contribution in [0.3, 0.4) is 0 Å². The summed E-state index contributed by atoms with van der Waals surface area (Å²) in [5.41, 5.74) is 1.23. The number of methoxy groups -OCH3 is 1. The van der Waals surface area contributed by atoms with Gasteiger partial charge >= 0.3 is 5.97 Å². The zero-order chi connectivity index (χ0) is 20.2. The SMILES string of the molecule is COC(=O)CCCCCC[C@H]1C(=O)C[C@@H](O)[C@@H]1/C=C/[C@@H](O)CCC=C(C)C. The number of rotatable bonds is 12. The predicted octanol–water partition coefficient (Wildman–Crippen LogP) is 3.73. The van der Waals surface area contributed by atoms with Crippen molar-refractivity contribution >= 4 is 11.8 Å². The normalized spacial score (nSPS) is 23.6. The number of aliphatic hydroxyl groups excluding tert-OH is 2. The molecule has 0 aromatic carbocycles. The van der Waals surface area contributed by atoms with E-state index in [0.717, 1.165) is 38.5 Å². The number of allylic oxidation sites excluding steroid dienone is 2. The molecule has 5 heteroatoms. The number of aliphatic hydroxyl groups is 2. The van der Waals surface area contributed by atoms with Crippen LogP contribution in [0.25, 0.3) is 0 Å². The second-order valence-electron chi connectivity index (χ2n) is 7.76. The fourth-order valence-corrected chi connectivity index (χ4v) is 3.58. The van der Waals surface area contributed by atoms with E-state index in [1.807, 2.05) is 19.9 Å². The van der Waals surface area contributed by atoms with Gasteiger partial charge in [0.25, 0.3) is 0 Å². The summed E-state index contributed by atoms with van der Waals surface area (Å²) >= 11 is 0.